The molecule has 4 N–H and O–H groups in total. The van der Waals surface area contributed by atoms with E-state index in [9.17, 15) is 22.8 Å². The van der Waals surface area contributed by atoms with Gasteiger partial charge in [0, 0.05) is 14.1 Å². The summed E-state index contributed by atoms with van der Waals surface area (Å²) in [7, 11) is 2.90. The van der Waals surface area contributed by atoms with Crippen molar-refractivity contribution in [3.05, 3.63) is 52.2 Å². The Morgan fingerprint density at radius 2 is 1.89 bits per heavy atom. The van der Waals surface area contributed by atoms with Crippen LogP contribution < -0.4 is 21.9 Å². The lowest BCUT2D eigenvalue weighted by atomic mass is 10.2. The highest BCUT2D eigenvalue weighted by Gasteiger charge is 2.29. The first-order valence-electron chi connectivity index (χ1n) is 7.67. The highest BCUT2D eigenvalue weighted by molar-refractivity contribution is 6.01. The second kappa shape index (κ2) is 7.89. The van der Waals surface area contributed by atoms with Crippen molar-refractivity contribution >= 4 is 23.1 Å². The molecule has 11 heteroatoms. The third kappa shape index (κ3) is 4.63. The van der Waals surface area contributed by atoms with E-state index in [1.807, 2.05) is 0 Å². The minimum absolute atomic E-state index is 0.00886. The molecule has 0 atom stereocenters. The number of nitrogens with one attached hydrogen (secondary N) is 2. The number of alkyl halides is 3. The molecule has 0 saturated heterocycles. The Kier molecular flexibility index (Phi) is 5.83. The lowest BCUT2D eigenvalue weighted by molar-refractivity contribution is -0.137. The van der Waals surface area contributed by atoms with E-state index in [-0.39, 0.29) is 35.4 Å². The van der Waals surface area contributed by atoms with Crippen LogP contribution in [-0.2, 0) is 17.5 Å². The maximum Gasteiger partial charge on any atom is 0.416 e. The van der Waals surface area contributed by atoms with Crippen LogP contribution in [0.2, 0.25) is 0 Å². The molecular weight excluding hydrogens is 365 g/mol. The van der Waals surface area contributed by atoms with Crippen LogP contribution in [0.3, 0.4) is 0 Å². The van der Waals surface area contributed by atoms with Gasteiger partial charge in [-0.15, -0.1) is 0 Å². The van der Waals surface area contributed by atoms with Crippen molar-refractivity contribution in [2.45, 2.75) is 12.7 Å². The van der Waals surface area contributed by atoms with Gasteiger partial charge < -0.3 is 16.4 Å². The van der Waals surface area contributed by atoms with Crippen LogP contribution in [0.25, 0.3) is 0 Å². The van der Waals surface area contributed by atoms with E-state index >= 15 is 0 Å². The van der Waals surface area contributed by atoms with Crippen molar-refractivity contribution < 1.29 is 18.0 Å². The maximum atomic E-state index is 12.6. The topological polar surface area (TPSA) is 114 Å². The second-order valence-electron chi connectivity index (χ2n) is 5.37. The third-order valence-electron chi connectivity index (χ3n) is 3.57. The van der Waals surface area contributed by atoms with Gasteiger partial charge in [-0.05, 0) is 24.3 Å². The molecule has 0 fully saturated rings. The summed E-state index contributed by atoms with van der Waals surface area (Å²) in [6.07, 6.45) is -3.31. The summed E-state index contributed by atoms with van der Waals surface area (Å²) in [5, 5.41) is 5.04. The second-order valence-corrected chi connectivity index (χ2v) is 5.37. The molecule has 1 heterocycles. The lowest BCUT2D eigenvalue weighted by Crippen LogP contribution is -2.33. The van der Waals surface area contributed by atoms with Crippen LogP contribution >= 0.6 is 0 Å². The number of hydrogen-bond acceptors (Lipinski definition) is 5. The zero-order valence-corrected chi connectivity index (χ0v) is 14.5. The van der Waals surface area contributed by atoms with E-state index in [1.54, 1.807) is 0 Å². The smallest absolute Gasteiger partial charge is 0.382 e. The van der Waals surface area contributed by atoms with E-state index in [4.69, 9.17) is 5.73 Å². The van der Waals surface area contributed by atoms with Crippen LogP contribution in [0.5, 0.6) is 0 Å². The largest absolute Gasteiger partial charge is 0.416 e. The Morgan fingerprint density at radius 3 is 2.41 bits per heavy atom. The number of aromatic nitrogens is 2. The predicted octanol–water partition coefficient (Wildman–Crippen LogP) is 1.09. The fourth-order valence-corrected chi connectivity index (χ4v) is 2.17. The van der Waals surface area contributed by atoms with Gasteiger partial charge in [0.25, 0.3) is 5.56 Å². The zero-order chi connectivity index (χ0) is 20.2. The zero-order valence-electron chi connectivity index (χ0n) is 14.5. The molecule has 1 amide bonds. The average molecular weight is 382 g/mol. The number of likely N-dealkylation sites (N-methyl/N-ethyl adjacent to an activating group) is 1. The molecule has 0 spiro atoms. The lowest BCUT2D eigenvalue weighted by Gasteiger charge is -2.11. The first-order chi connectivity index (χ1) is 12.7. The van der Waals surface area contributed by atoms with Crippen molar-refractivity contribution in [2.75, 3.05) is 19.4 Å². The molecule has 8 nitrogen and oxygen atoms in total. The van der Waals surface area contributed by atoms with Gasteiger partial charge in [-0.3, -0.25) is 14.2 Å². The van der Waals surface area contributed by atoms with Crippen molar-refractivity contribution in [1.82, 2.24) is 14.9 Å². The highest BCUT2D eigenvalue weighted by atomic mass is 19.4. The van der Waals surface area contributed by atoms with Crippen molar-refractivity contribution in [1.29, 1.82) is 0 Å². The van der Waals surface area contributed by atoms with Crippen molar-refractivity contribution in [3.63, 3.8) is 0 Å². The van der Waals surface area contributed by atoms with Crippen LogP contribution in [-0.4, -0.2) is 35.4 Å². The van der Waals surface area contributed by atoms with E-state index in [2.05, 4.69) is 20.6 Å². The summed E-state index contributed by atoms with van der Waals surface area (Å²) in [4.78, 5) is 31.9. The Balaban J connectivity index is 2.39. The van der Waals surface area contributed by atoms with Gasteiger partial charge in [-0.25, -0.2) is 9.98 Å². The maximum absolute atomic E-state index is 12.6. The molecule has 0 aliphatic heterocycles. The molecule has 2 aromatic rings. The molecule has 1 aromatic carbocycles. The summed E-state index contributed by atoms with van der Waals surface area (Å²) < 4.78 is 38.9. The van der Waals surface area contributed by atoms with Crippen LogP contribution in [0, 0.1) is 0 Å². The Morgan fingerprint density at radius 1 is 1.26 bits per heavy atom. The van der Waals surface area contributed by atoms with E-state index in [1.165, 1.54) is 14.1 Å². The number of rotatable bonds is 5. The number of halogens is 3. The number of nitrogens with zero attached hydrogens (tertiary/aromatic N) is 3. The summed E-state index contributed by atoms with van der Waals surface area (Å²) in [6, 6.07) is 4.06. The minimum Gasteiger partial charge on any atom is -0.382 e. The van der Waals surface area contributed by atoms with Gasteiger partial charge in [-0.1, -0.05) is 0 Å². The van der Waals surface area contributed by atoms with Crippen LogP contribution in [0.1, 0.15) is 11.3 Å². The van der Waals surface area contributed by atoms with Crippen molar-refractivity contribution in [3.8, 4) is 0 Å². The van der Waals surface area contributed by atoms with Gasteiger partial charge >= 0.3 is 6.18 Å². The summed E-state index contributed by atoms with van der Waals surface area (Å²) in [5.74, 6) is -0.552. The number of carbonyl (C=O) groups excluding carboxylic acids is 1. The first-order valence-corrected chi connectivity index (χ1v) is 7.67. The van der Waals surface area contributed by atoms with Crippen LogP contribution in [0.15, 0.2) is 40.4 Å². The monoisotopic (exact) mass is 382 g/mol. The molecule has 0 aliphatic carbocycles. The quantitative estimate of drug-likeness (QED) is 0.529. The number of benzene rings is 1. The molecule has 0 bridgehead atoms. The fourth-order valence-electron chi connectivity index (χ4n) is 2.17. The minimum atomic E-state index is -4.45. The number of anilines is 1. The molecule has 2 rings (SSSR count). The number of amides is 1. The number of nitrogens with two attached hydrogens (primary N) is 1. The normalized spacial score (nSPS) is 12.0. The van der Waals surface area contributed by atoms with Gasteiger partial charge in [0.15, 0.2) is 5.84 Å². The molecule has 1 aromatic heterocycles. The Bertz CT molecular complexity index is 919. The van der Waals surface area contributed by atoms with Gasteiger partial charge in [0.05, 0.1) is 17.6 Å². The average Bonchev–Trinajstić information content (AvgIpc) is 2.62. The Labute approximate surface area is 151 Å². The van der Waals surface area contributed by atoms with Gasteiger partial charge in [0.1, 0.15) is 17.9 Å². The molecule has 144 valence electrons. The highest BCUT2D eigenvalue weighted by Crippen LogP contribution is 2.30. The summed E-state index contributed by atoms with van der Waals surface area (Å²) in [5.41, 5.74) is 4.71. The molecule has 0 radical (unpaired) electrons. The third-order valence-corrected chi connectivity index (χ3v) is 3.57. The van der Waals surface area contributed by atoms with E-state index < -0.39 is 17.3 Å². The molecular formula is C16H17F3N6O2. The summed E-state index contributed by atoms with van der Waals surface area (Å²) >= 11 is 0. The molecule has 27 heavy (non-hydrogen) atoms. The fraction of sp³-hybridized carbons (Fsp3) is 0.250. The summed E-state index contributed by atoms with van der Waals surface area (Å²) in [6.45, 7) is -0.229. The number of aliphatic imine (C=N–C) groups is 1. The van der Waals surface area contributed by atoms with Gasteiger partial charge in [0.2, 0.25) is 5.91 Å². The molecule has 0 unspecified atom stereocenters. The van der Waals surface area contributed by atoms with E-state index in [0.717, 1.165) is 35.2 Å². The predicted molar refractivity (Wildman–Crippen MR) is 93.9 cm³/mol. The number of carbonyl (C=O) groups is 1. The standard InChI is InChI=1S/C16H17F3N6O2/c1-21-11(26)7-25-8-23-12(13(22-2)15(25)27)14(20)24-10-5-3-9(4-6-10)16(17,18)19/h3-6,8,22H,7H2,1-2H3,(H2,20,24)(H,21,26). The van der Waals surface area contributed by atoms with Crippen molar-refractivity contribution in [2.24, 2.45) is 10.7 Å². The van der Waals surface area contributed by atoms with Crippen LogP contribution in [0.4, 0.5) is 24.5 Å². The van der Waals surface area contributed by atoms with E-state index in [0.29, 0.717) is 0 Å². The molecule has 0 saturated carbocycles. The Hall–Kier alpha value is -3.37. The SMILES string of the molecule is CNC(=O)Cn1cnc(C(N)=Nc2ccc(C(F)(F)F)cc2)c(NC)c1=O. The molecule has 0 aliphatic rings. The number of hydrogen-bond donors (Lipinski definition) is 3. The first kappa shape index (κ1) is 19.9. The number of amidine groups is 1. The van der Waals surface area contributed by atoms with Gasteiger partial charge in [-0.2, -0.15) is 13.2 Å².